The Kier molecular flexibility index (Phi) is 5.25. The Balaban J connectivity index is 2.40. The van der Waals surface area contributed by atoms with Crippen LogP contribution in [0.15, 0.2) is 0 Å². The summed E-state index contributed by atoms with van der Waals surface area (Å²) >= 11 is 0. The summed E-state index contributed by atoms with van der Waals surface area (Å²) in [6, 6.07) is 0. The molecule has 1 N–H and O–H groups in total. The second-order valence-electron chi connectivity index (χ2n) is 3.98. The molecular weight excluding hydrogens is 206 g/mol. The Labute approximate surface area is 96.8 Å². The molecule has 5 nitrogen and oxygen atoms in total. The number of rotatable bonds is 6. The number of amides is 2. The summed E-state index contributed by atoms with van der Waals surface area (Å²) in [7, 11) is 0. The lowest BCUT2D eigenvalue weighted by atomic mass is 10.2. The minimum atomic E-state index is 0.0611. The molecule has 2 amide bonds. The number of carbonyl (C=O) groups is 2. The highest BCUT2D eigenvalue weighted by molar-refractivity contribution is 5.92. The van der Waals surface area contributed by atoms with Gasteiger partial charge in [-0.25, -0.2) is 0 Å². The van der Waals surface area contributed by atoms with Crippen LogP contribution >= 0.6 is 0 Å². The van der Waals surface area contributed by atoms with Gasteiger partial charge < -0.3 is 15.1 Å². The molecule has 0 aromatic rings. The zero-order valence-electron chi connectivity index (χ0n) is 10.2. The quantitative estimate of drug-likeness (QED) is 0.633. The molecule has 1 aliphatic heterocycles. The van der Waals surface area contributed by atoms with Gasteiger partial charge in [-0.1, -0.05) is 13.8 Å². The summed E-state index contributed by atoms with van der Waals surface area (Å²) in [5, 5.41) is 3.15. The summed E-state index contributed by atoms with van der Waals surface area (Å²) in [6.45, 7) is 7.47. The van der Waals surface area contributed by atoms with Crippen LogP contribution in [0.5, 0.6) is 0 Å². The standard InChI is InChI=1S/C11H21N3O2/c1-3-6-13-8-11(16)14(9-10(13)15)7-5-12-4-2/h12H,3-9H2,1-2H3. The van der Waals surface area contributed by atoms with Crippen LogP contribution in [0.3, 0.4) is 0 Å². The van der Waals surface area contributed by atoms with Gasteiger partial charge in [0.1, 0.15) is 0 Å². The van der Waals surface area contributed by atoms with Crippen LogP contribution in [-0.4, -0.2) is 60.9 Å². The molecule has 5 heteroatoms. The van der Waals surface area contributed by atoms with Crippen molar-refractivity contribution < 1.29 is 9.59 Å². The third-order valence-corrected chi connectivity index (χ3v) is 2.66. The average Bonchev–Trinajstić information content (AvgIpc) is 2.25. The van der Waals surface area contributed by atoms with Crippen molar-refractivity contribution in [2.75, 3.05) is 39.3 Å². The second kappa shape index (κ2) is 6.48. The van der Waals surface area contributed by atoms with Crippen molar-refractivity contribution in [1.29, 1.82) is 0 Å². The van der Waals surface area contributed by atoms with Crippen LogP contribution in [0, 0.1) is 0 Å². The highest BCUT2D eigenvalue weighted by Gasteiger charge is 2.28. The van der Waals surface area contributed by atoms with Crippen LogP contribution < -0.4 is 5.32 Å². The fourth-order valence-electron chi connectivity index (χ4n) is 1.77. The van der Waals surface area contributed by atoms with E-state index in [9.17, 15) is 9.59 Å². The lowest BCUT2D eigenvalue weighted by Gasteiger charge is -2.33. The maximum absolute atomic E-state index is 11.7. The smallest absolute Gasteiger partial charge is 0.242 e. The van der Waals surface area contributed by atoms with Gasteiger partial charge >= 0.3 is 0 Å². The normalized spacial score (nSPS) is 17.1. The first-order chi connectivity index (χ1) is 7.69. The molecule has 0 aromatic carbocycles. The van der Waals surface area contributed by atoms with E-state index in [0.29, 0.717) is 13.1 Å². The van der Waals surface area contributed by atoms with Gasteiger partial charge in [-0.15, -0.1) is 0 Å². The molecule has 0 atom stereocenters. The van der Waals surface area contributed by atoms with E-state index >= 15 is 0 Å². The van der Waals surface area contributed by atoms with Gasteiger partial charge in [0.05, 0.1) is 13.1 Å². The fraction of sp³-hybridized carbons (Fsp3) is 0.818. The first-order valence-electron chi connectivity index (χ1n) is 5.95. The largest absolute Gasteiger partial charge is 0.332 e. The Morgan fingerprint density at radius 3 is 2.12 bits per heavy atom. The molecule has 0 unspecified atom stereocenters. The lowest BCUT2D eigenvalue weighted by Crippen LogP contribution is -2.55. The SMILES string of the molecule is CCCN1CC(=O)N(CCNCC)CC1=O. The van der Waals surface area contributed by atoms with Gasteiger partial charge in [0.2, 0.25) is 11.8 Å². The van der Waals surface area contributed by atoms with Crippen molar-refractivity contribution in [3.05, 3.63) is 0 Å². The van der Waals surface area contributed by atoms with E-state index in [2.05, 4.69) is 5.32 Å². The van der Waals surface area contributed by atoms with Crippen molar-refractivity contribution >= 4 is 11.8 Å². The molecule has 0 radical (unpaired) electrons. The van der Waals surface area contributed by atoms with E-state index in [1.807, 2.05) is 13.8 Å². The van der Waals surface area contributed by atoms with E-state index in [1.165, 1.54) is 0 Å². The average molecular weight is 227 g/mol. The molecule has 1 heterocycles. The predicted octanol–water partition coefficient (Wildman–Crippen LogP) is -0.323. The lowest BCUT2D eigenvalue weighted by molar-refractivity contribution is -0.150. The van der Waals surface area contributed by atoms with Gasteiger partial charge in [0.15, 0.2) is 0 Å². The fourth-order valence-corrected chi connectivity index (χ4v) is 1.77. The van der Waals surface area contributed by atoms with E-state index in [1.54, 1.807) is 9.80 Å². The van der Waals surface area contributed by atoms with Crippen molar-refractivity contribution in [3.8, 4) is 0 Å². The third-order valence-electron chi connectivity index (χ3n) is 2.66. The molecule has 0 saturated carbocycles. The van der Waals surface area contributed by atoms with Crippen LogP contribution in [0.25, 0.3) is 0 Å². The van der Waals surface area contributed by atoms with Gasteiger partial charge in [0, 0.05) is 19.6 Å². The molecule has 1 fully saturated rings. The Hall–Kier alpha value is -1.10. The number of nitrogens with zero attached hydrogens (tertiary/aromatic N) is 2. The Morgan fingerprint density at radius 1 is 1.06 bits per heavy atom. The Morgan fingerprint density at radius 2 is 1.62 bits per heavy atom. The van der Waals surface area contributed by atoms with E-state index in [-0.39, 0.29) is 24.9 Å². The number of likely N-dealkylation sites (N-methyl/N-ethyl adjacent to an activating group) is 1. The van der Waals surface area contributed by atoms with Crippen molar-refractivity contribution in [1.82, 2.24) is 15.1 Å². The number of carbonyl (C=O) groups excluding carboxylic acids is 2. The zero-order valence-corrected chi connectivity index (χ0v) is 10.2. The van der Waals surface area contributed by atoms with Crippen molar-refractivity contribution in [2.24, 2.45) is 0 Å². The molecule has 92 valence electrons. The highest BCUT2D eigenvalue weighted by atomic mass is 16.2. The molecule has 1 aliphatic rings. The van der Waals surface area contributed by atoms with Crippen molar-refractivity contribution in [2.45, 2.75) is 20.3 Å². The molecule has 1 saturated heterocycles. The molecule has 16 heavy (non-hydrogen) atoms. The van der Waals surface area contributed by atoms with Gasteiger partial charge in [-0.2, -0.15) is 0 Å². The molecule has 0 bridgehead atoms. The Bertz CT molecular complexity index is 256. The maximum atomic E-state index is 11.7. The summed E-state index contributed by atoms with van der Waals surface area (Å²) in [5.41, 5.74) is 0. The number of hydrogen-bond acceptors (Lipinski definition) is 3. The molecule has 0 aliphatic carbocycles. The minimum Gasteiger partial charge on any atom is -0.332 e. The van der Waals surface area contributed by atoms with E-state index in [0.717, 1.165) is 19.5 Å². The first kappa shape index (κ1) is 13.0. The number of hydrogen-bond donors (Lipinski definition) is 1. The van der Waals surface area contributed by atoms with Crippen molar-refractivity contribution in [3.63, 3.8) is 0 Å². The summed E-state index contributed by atoms with van der Waals surface area (Å²) < 4.78 is 0. The minimum absolute atomic E-state index is 0.0611. The monoisotopic (exact) mass is 227 g/mol. The maximum Gasteiger partial charge on any atom is 0.242 e. The van der Waals surface area contributed by atoms with Crippen LogP contribution in [0.4, 0.5) is 0 Å². The zero-order chi connectivity index (χ0) is 12.0. The third kappa shape index (κ3) is 3.48. The summed E-state index contributed by atoms with van der Waals surface area (Å²) in [4.78, 5) is 26.7. The van der Waals surface area contributed by atoms with E-state index in [4.69, 9.17) is 0 Å². The van der Waals surface area contributed by atoms with Gasteiger partial charge in [-0.3, -0.25) is 9.59 Å². The highest BCUT2D eigenvalue weighted by Crippen LogP contribution is 2.04. The number of piperazine rings is 1. The van der Waals surface area contributed by atoms with Crippen LogP contribution in [-0.2, 0) is 9.59 Å². The molecule has 1 rings (SSSR count). The van der Waals surface area contributed by atoms with Gasteiger partial charge in [-0.05, 0) is 13.0 Å². The number of nitrogens with one attached hydrogen (secondary N) is 1. The van der Waals surface area contributed by atoms with E-state index < -0.39 is 0 Å². The molecule has 0 aromatic heterocycles. The topological polar surface area (TPSA) is 52.7 Å². The predicted molar refractivity (Wildman–Crippen MR) is 62.0 cm³/mol. The first-order valence-corrected chi connectivity index (χ1v) is 5.95. The summed E-state index contributed by atoms with van der Waals surface area (Å²) in [6.07, 6.45) is 0.899. The molecular formula is C11H21N3O2. The van der Waals surface area contributed by atoms with Crippen LogP contribution in [0.2, 0.25) is 0 Å². The van der Waals surface area contributed by atoms with Crippen LogP contribution in [0.1, 0.15) is 20.3 Å². The van der Waals surface area contributed by atoms with Gasteiger partial charge in [0.25, 0.3) is 0 Å². The molecule has 0 spiro atoms. The summed E-state index contributed by atoms with van der Waals surface area (Å²) in [5.74, 6) is 0.129. The second-order valence-corrected chi connectivity index (χ2v) is 3.98.